The van der Waals surface area contributed by atoms with Crippen molar-refractivity contribution in [3.63, 3.8) is 0 Å². The van der Waals surface area contributed by atoms with Crippen molar-refractivity contribution in [3.8, 4) is 0 Å². The van der Waals surface area contributed by atoms with E-state index in [-0.39, 0.29) is 0 Å². The summed E-state index contributed by atoms with van der Waals surface area (Å²) in [5, 5.41) is 3.91. The quantitative estimate of drug-likeness (QED) is 0.888. The van der Waals surface area contributed by atoms with Gasteiger partial charge in [0.15, 0.2) is 0 Å². The molecule has 1 N–H and O–H groups in total. The van der Waals surface area contributed by atoms with Crippen molar-refractivity contribution in [3.05, 3.63) is 35.4 Å². The fraction of sp³-hybridized carbons (Fsp3) is 0.684. The van der Waals surface area contributed by atoms with E-state index < -0.39 is 0 Å². The van der Waals surface area contributed by atoms with Crippen LogP contribution < -0.4 is 5.32 Å². The van der Waals surface area contributed by atoms with Crippen LogP contribution in [-0.2, 0) is 0 Å². The molecule has 0 radical (unpaired) electrons. The molecule has 116 valence electrons. The summed E-state index contributed by atoms with van der Waals surface area (Å²) in [4.78, 5) is 2.62. The molecule has 1 aliphatic carbocycles. The average Bonchev–Trinajstić information content (AvgIpc) is 2.46. The molecule has 1 heterocycles. The van der Waals surface area contributed by atoms with Crippen LogP contribution in [0.25, 0.3) is 0 Å². The molecular formula is C19H30N2. The fourth-order valence-corrected chi connectivity index (χ4v) is 4.03. The van der Waals surface area contributed by atoms with E-state index in [1.165, 1.54) is 57.3 Å². The number of rotatable bonds is 5. The van der Waals surface area contributed by atoms with Gasteiger partial charge in [-0.15, -0.1) is 0 Å². The lowest BCUT2D eigenvalue weighted by atomic mass is 9.74. The van der Waals surface area contributed by atoms with Crippen LogP contribution in [0.4, 0.5) is 0 Å². The Morgan fingerprint density at radius 2 is 1.81 bits per heavy atom. The van der Waals surface area contributed by atoms with Gasteiger partial charge < -0.3 is 10.2 Å². The second-order valence-corrected chi connectivity index (χ2v) is 7.00. The monoisotopic (exact) mass is 286 g/mol. The van der Waals surface area contributed by atoms with E-state index in [4.69, 9.17) is 0 Å². The molecule has 0 atom stereocenters. The molecule has 2 heteroatoms. The number of hydrogen-bond acceptors (Lipinski definition) is 2. The van der Waals surface area contributed by atoms with E-state index in [9.17, 15) is 0 Å². The zero-order valence-corrected chi connectivity index (χ0v) is 13.6. The van der Waals surface area contributed by atoms with Crippen LogP contribution in [-0.4, -0.2) is 36.6 Å². The molecule has 1 saturated carbocycles. The van der Waals surface area contributed by atoms with E-state index >= 15 is 0 Å². The van der Waals surface area contributed by atoms with Crippen molar-refractivity contribution in [2.45, 2.75) is 64.0 Å². The van der Waals surface area contributed by atoms with Crippen LogP contribution in [0.3, 0.4) is 0 Å². The third-order valence-corrected chi connectivity index (χ3v) is 5.37. The third-order valence-electron chi connectivity index (χ3n) is 5.37. The normalized spacial score (nSPS) is 27.5. The molecule has 2 nitrogen and oxygen atoms in total. The summed E-state index contributed by atoms with van der Waals surface area (Å²) in [6.07, 6.45) is 6.63. The highest BCUT2D eigenvalue weighted by Gasteiger charge is 2.32. The predicted molar refractivity (Wildman–Crippen MR) is 89.8 cm³/mol. The summed E-state index contributed by atoms with van der Waals surface area (Å²) in [5.74, 6) is 0.795. The summed E-state index contributed by atoms with van der Waals surface area (Å²) in [5.41, 5.74) is 3.04. The SMILES string of the molecule is CCCN1CCC(NC2CC(c3ccccc3C)C2)CC1. The molecule has 0 bridgehead atoms. The van der Waals surface area contributed by atoms with Crippen molar-refractivity contribution >= 4 is 0 Å². The van der Waals surface area contributed by atoms with Gasteiger partial charge in [-0.2, -0.15) is 0 Å². The Labute approximate surface area is 129 Å². The number of likely N-dealkylation sites (tertiary alicyclic amines) is 1. The third kappa shape index (κ3) is 3.67. The zero-order valence-electron chi connectivity index (χ0n) is 13.6. The van der Waals surface area contributed by atoms with Crippen molar-refractivity contribution in [1.29, 1.82) is 0 Å². The van der Waals surface area contributed by atoms with Crippen LogP contribution in [0, 0.1) is 6.92 Å². The Morgan fingerprint density at radius 1 is 1.10 bits per heavy atom. The lowest BCUT2D eigenvalue weighted by molar-refractivity contribution is 0.171. The Balaban J connectivity index is 1.41. The van der Waals surface area contributed by atoms with Crippen molar-refractivity contribution in [2.24, 2.45) is 0 Å². The van der Waals surface area contributed by atoms with Gasteiger partial charge in [0.1, 0.15) is 0 Å². The van der Waals surface area contributed by atoms with Gasteiger partial charge in [-0.05, 0) is 75.7 Å². The minimum Gasteiger partial charge on any atom is -0.311 e. The van der Waals surface area contributed by atoms with Crippen molar-refractivity contribution in [2.75, 3.05) is 19.6 Å². The number of nitrogens with one attached hydrogen (secondary N) is 1. The Bertz CT molecular complexity index is 443. The molecule has 2 fully saturated rings. The molecule has 3 rings (SSSR count). The number of piperidine rings is 1. The summed E-state index contributed by atoms with van der Waals surface area (Å²) in [6.45, 7) is 8.40. The van der Waals surface area contributed by atoms with Gasteiger partial charge in [0.2, 0.25) is 0 Å². The molecule has 0 unspecified atom stereocenters. The maximum atomic E-state index is 3.91. The molecule has 1 aromatic carbocycles. The first kappa shape index (κ1) is 15.1. The number of hydrogen-bond donors (Lipinski definition) is 1. The van der Waals surface area contributed by atoms with Gasteiger partial charge >= 0.3 is 0 Å². The summed E-state index contributed by atoms with van der Waals surface area (Å²) in [6, 6.07) is 10.4. The highest BCUT2D eigenvalue weighted by atomic mass is 15.1. The summed E-state index contributed by atoms with van der Waals surface area (Å²) in [7, 11) is 0. The van der Waals surface area contributed by atoms with Crippen LogP contribution in [0.5, 0.6) is 0 Å². The second kappa shape index (κ2) is 6.93. The van der Waals surface area contributed by atoms with Crippen LogP contribution in [0.15, 0.2) is 24.3 Å². The molecule has 0 amide bonds. The maximum Gasteiger partial charge on any atom is 0.00940 e. The minimum atomic E-state index is 0.761. The smallest absolute Gasteiger partial charge is 0.00940 e. The second-order valence-electron chi connectivity index (χ2n) is 7.00. The molecule has 1 saturated heterocycles. The Morgan fingerprint density at radius 3 is 2.48 bits per heavy atom. The van der Waals surface area contributed by atoms with Crippen LogP contribution in [0.2, 0.25) is 0 Å². The van der Waals surface area contributed by atoms with Gasteiger partial charge in [0, 0.05) is 12.1 Å². The Hall–Kier alpha value is -0.860. The standard InChI is InChI=1S/C19H30N2/c1-3-10-21-11-8-17(9-12-21)20-18-13-16(14-18)19-7-5-4-6-15(19)2/h4-7,16-18,20H,3,8-14H2,1-2H3. The van der Waals surface area contributed by atoms with E-state index in [0.717, 1.165) is 18.0 Å². The predicted octanol–water partition coefficient (Wildman–Crippen LogP) is 3.71. The summed E-state index contributed by atoms with van der Waals surface area (Å²) >= 11 is 0. The number of nitrogens with zero attached hydrogens (tertiary/aromatic N) is 1. The first-order chi connectivity index (χ1) is 10.3. The molecular weight excluding hydrogens is 256 g/mol. The van der Waals surface area contributed by atoms with E-state index in [0.29, 0.717) is 0 Å². The molecule has 2 aliphatic rings. The average molecular weight is 286 g/mol. The number of benzene rings is 1. The fourth-order valence-electron chi connectivity index (χ4n) is 4.03. The van der Waals surface area contributed by atoms with Gasteiger partial charge in [0.05, 0.1) is 0 Å². The van der Waals surface area contributed by atoms with E-state index in [1.807, 2.05) is 0 Å². The van der Waals surface area contributed by atoms with Gasteiger partial charge in [-0.1, -0.05) is 31.2 Å². The number of aryl methyl sites for hydroxylation is 1. The lowest BCUT2D eigenvalue weighted by Crippen LogP contribution is -2.50. The highest BCUT2D eigenvalue weighted by Crippen LogP contribution is 2.38. The molecule has 1 aromatic rings. The molecule has 1 aliphatic heterocycles. The summed E-state index contributed by atoms with van der Waals surface area (Å²) < 4.78 is 0. The van der Waals surface area contributed by atoms with E-state index in [2.05, 4.69) is 48.3 Å². The van der Waals surface area contributed by atoms with E-state index in [1.54, 1.807) is 5.56 Å². The van der Waals surface area contributed by atoms with Crippen LogP contribution in [0.1, 0.15) is 56.1 Å². The Kier molecular flexibility index (Phi) is 4.97. The molecule has 0 aromatic heterocycles. The van der Waals surface area contributed by atoms with Gasteiger partial charge in [-0.3, -0.25) is 0 Å². The largest absolute Gasteiger partial charge is 0.311 e. The first-order valence-electron chi connectivity index (χ1n) is 8.80. The van der Waals surface area contributed by atoms with Crippen molar-refractivity contribution < 1.29 is 0 Å². The minimum absolute atomic E-state index is 0.761. The van der Waals surface area contributed by atoms with Crippen molar-refractivity contribution in [1.82, 2.24) is 10.2 Å². The topological polar surface area (TPSA) is 15.3 Å². The first-order valence-corrected chi connectivity index (χ1v) is 8.80. The zero-order chi connectivity index (χ0) is 14.7. The van der Waals surface area contributed by atoms with Crippen LogP contribution >= 0.6 is 0 Å². The highest BCUT2D eigenvalue weighted by molar-refractivity contribution is 5.31. The maximum absolute atomic E-state index is 3.91. The molecule has 21 heavy (non-hydrogen) atoms. The van der Waals surface area contributed by atoms with Gasteiger partial charge in [-0.25, -0.2) is 0 Å². The van der Waals surface area contributed by atoms with Gasteiger partial charge in [0.25, 0.3) is 0 Å². The lowest BCUT2D eigenvalue weighted by Gasteiger charge is -2.41. The molecule has 0 spiro atoms.